The van der Waals surface area contributed by atoms with Crippen molar-refractivity contribution < 1.29 is 4.74 Å². The zero-order valence-corrected chi connectivity index (χ0v) is 17.8. The van der Waals surface area contributed by atoms with Crippen LogP contribution in [0, 0.1) is 0 Å². The second-order valence-electron chi connectivity index (χ2n) is 5.97. The SMILES string of the molecule is CN=C(NCc1cccs1)NCC(C)(C)c1ccc(OC)cc1.I. The molecule has 1 aromatic heterocycles. The van der Waals surface area contributed by atoms with E-state index in [1.165, 1.54) is 10.4 Å². The van der Waals surface area contributed by atoms with Gasteiger partial charge in [-0.2, -0.15) is 0 Å². The summed E-state index contributed by atoms with van der Waals surface area (Å²) in [4.78, 5) is 5.58. The van der Waals surface area contributed by atoms with E-state index in [0.717, 1.165) is 24.8 Å². The summed E-state index contributed by atoms with van der Waals surface area (Å²) in [6.07, 6.45) is 0. The van der Waals surface area contributed by atoms with Crippen molar-refractivity contribution >= 4 is 41.3 Å². The molecule has 0 spiro atoms. The van der Waals surface area contributed by atoms with Gasteiger partial charge in [0.2, 0.25) is 0 Å². The Hall–Kier alpha value is -1.28. The molecule has 0 fully saturated rings. The van der Waals surface area contributed by atoms with Crippen molar-refractivity contribution in [2.45, 2.75) is 25.8 Å². The topological polar surface area (TPSA) is 45.7 Å². The van der Waals surface area contributed by atoms with E-state index in [-0.39, 0.29) is 29.4 Å². The number of hydrogen-bond donors (Lipinski definition) is 2. The van der Waals surface area contributed by atoms with Gasteiger partial charge in [0.05, 0.1) is 13.7 Å². The lowest BCUT2D eigenvalue weighted by Gasteiger charge is -2.27. The predicted octanol–water partition coefficient (Wildman–Crippen LogP) is 4.02. The molecule has 0 radical (unpaired) electrons. The van der Waals surface area contributed by atoms with Gasteiger partial charge in [-0.3, -0.25) is 4.99 Å². The number of thiophene rings is 1. The molecule has 0 aliphatic carbocycles. The summed E-state index contributed by atoms with van der Waals surface area (Å²) >= 11 is 1.74. The zero-order chi connectivity index (χ0) is 16.7. The largest absolute Gasteiger partial charge is 0.497 e. The Morgan fingerprint density at radius 2 is 1.88 bits per heavy atom. The number of halogens is 1. The summed E-state index contributed by atoms with van der Waals surface area (Å²) in [5.74, 6) is 1.70. The van der Waals surface area contributed by atoms with Crippen LogP contribution in [0.5, 0.6) is 5.75 Å². The third-order valence-corrected chi connectivity index (χ3v) is 4.68. The summed E-state index contributed by atoms with van der Waals surface area (Å²) < 4.78 is 5.22. The monoisotopic (exact) mass is 459 g/mol. The lowest BCUT2D eigenvalue weighted by atomic mass is 9.84. The molecule has 0 aliphatic rings. The Morgan fingerprint density at radius 3 is 2.42 bits per heavy atom. The van der Waals surface area contributed by atoms with Gasteiger partial charge in [-0.15, -0.1) is 35.3 Å². The maximum Gasteiger partial charge on any atom is 0.191 e. The van der Waals surface area contributed by atoms with Gasteiger partial charge in [0.15, 0.2) is 5.96 Å². The summed E-state index contributed by atoms with van der Waals surface area (Å²) in [5.41, 5.74) is 1.26. The molecular formula is C18H26IN3OS. The van der Waals surface area contributed by atoms with E-state index in [4.69, 9.17) is 4.74 Å². The minimum absolute atomic E-state index is 0. The average molecular weight is 459 g/mol. The van der Waals surface area contributed by atoms with Crippen LogP contribution in [0.1, 0.15) is 24.3 Å². The quantitative estimate of drug-likeness (QED) is 0.390. The molecule has 0 aliphatic heterocycles. The number of rotatable bonds is 6. The summed E-state index contributed by atoms with van der Waals surface area (Å²) in [6.45, 7) is 6.02. The molecule has 0 bridgehead atoms. The van der Waals surface area contributed by atoms with Crippen LogP contribution in [0.25, 0.3) is 0 Å². The number of methoxy groups -OCH3 is 1. The number of ether oxygens (including phenoxy) is 1. The van der Waals surface area contributed by atoms with E-state index in [2.05, 4.69) is 59.1 Å². The molecule has 0 atom stereocenters. The Morgan fingerprint density at radius 1 is 1.17 bits per heavy atom. The van der Waals surface area contributed by atoms with Gasteiger partial charge in [0.1, 0.15) is 5.75 Å². The minimum atomic E-state index is -0.00712. The Balaban J connectivity index is 0.00000288. The van der Waals surface area contributed by atoms with Gasteiger partial charge in [-0.1, -0.05) is 32.0 Å². The van der Waals surface area contributed by atoms with Crippen LogP contribution in [-0.2, 0) is 12.0 Å². The van der Waals surface area contributed by atoms with Gasteiger partial charge in [-0.05, 0) is 29.1 Å². The van der Waals surface area contributed by atoms with Crippen LogP contribution in [0.2, 0.25) is 0 Å². The van der Waals surface area contributed by atoms with Crippen molar-refractivity contribution in [2.24, 2.45) is 4.99 Å². The van der Waals surface area contributed by atoms with Crippen molar-refractivity contribution in [3.8, 4) is 5.75 Å². The van der Waals surface area contributed by atoms with Crippen LogP contribution < -0.4 is 15.4 Å². The summed E-state index contributed by atoms with van der Waals surface area (Å²) in [7, 11) is 3.48. The first-order valence-corrected chi connectivity index (χ1v) is 8.54. The fraction of sp³-hybridized carbons (Fsp3) is 0.389. The molecule has 0 amide bonds. The number of hydrogen-bond acceptors (Lipinski definition) is 3. The first-order valence-electron chi connectivity index (χ1n) is 7.66. The van der Waals surface area contributed by atoms with Crippen molar-refractivity contribution in [3.63, 3.8) is 0 Å². The average Bonchev–Trinajstić information content (AvgIpc) is 3.08. The highest BCUT2D eigenvalue weighted by atomic mass is 127. The Labute approximate surface area is 165 Å². The van der Waals surface area contributed by atoms with Crippen LogP contribution in [-0.4, -0.2) is 26.7 Å². The molecule has 132 valence electrons. The molecule has 4 nitrogen and oxygen atoms in total. The molecule has 6 heteroatoms. The fourth-order valence-corrected chi connectivity index (χ4v) is 2.90. The summed E-state index contributed by atoms with van der Waals surface area (Å²) in [6, 6.07) is 12.4. The van der Waals surface area contributed by atoms with E-state index in [9.17, 15) is 0 Å². The van der Waals surface area contributed by atoms with Crippen molar-refractivity contribution in [1.29, 1.82) is 0 Å². The lowest BCUT2D eigenvalue weighted by Crippen LogP contribution is -2.43. The first kappa shape index (κ1) is 20.8. The standard InChI is InChI=1S/C18H25N3OS.HI/c1-18(2,14-7-9-15(22-4)10-8-14)13-21-17(19-3)20-12-16-6-5-11-23-16;/h5-11H,12-13H2,1-4H3,(H2,19,20,21);1H. The maximum atomic E-state index is 5.22. The maximum absolute atomic E-state index is 5.22. The number of nitrogens with one attached hydrogen (secondary N) is 2. The smallest absolute Gasteiger partial charge is 0.191 e. The molecule has 2 rings (SSSR count). The van der Waals surface area contributed by atoms with Crippen molar-refractivity contribution in [2.75, 3.05) is 20.7 Å². The molecule has 24 heavy (non-hydrogen) atoms. The lowest BCUT2D eigenvalue weighted by molar-refractivity contribution is 0.414. The van der Waals surface area contributed by atoms with E-state index in [0.29, 0.717) is 0 Å². The molecule has 0 unspecified atom stereocenters. The molecule has 0 saturated carbocycles. The number of guanidine groups is 1. The molecular weight excluding hydrogens is 433 g/mol. The molecule has 2 N–H and O–H groups in total. The van der Waals surface area contributed by atoms with E-state index in [1.54, 1.807) is 25.5 Å². The van der Waals surface area contributed by atoms with Crippen molar-refractivity contribution in [3.05, 3.63) is 52.2 Å². The van der Waals surface area contributed by atoms with Crippen molar-refractivity contribution in [1.82, 2.24) is 10.6 Å². The van der Waals surface area contributed by atoms with E-state index >= 15 is 0 Å². The number of benzene rings is 1. The Bertz CT molecular complexity index is 624. The van der Waals surface area contributed by atoms with Crippen LogP contribution in [0.3, 0.4) is 0 Å². The molecule has 1 aromatic carbocycles. The van der Waals surface area contributed by atoms with Gasteiger partial charge >= 0.3 is 0 Å². The Kier molecular flexibility index (Phi) is 8.55. The minimum Gasteiger partial charge on any atom is -0.497 e. The van der Waals surface area contributed by atoms with Gasteiger partial charge < -0.3 is 15.4 Å². The third-order valence-electron chi connectivity index (χ3n) is 3.80. The highest BCUT2D eigenvalue weighted by Crippen LogP contribution is 2.24. The van der Waals surface area contributed by atoms with Gasteiger partial charge in [0.25, 0.3) is 0 Å². The second-order valence-corrected chi connectivity index (χ2v) is 7.00. The van der Waals surface area contributed by atoms with Crippen LogP contribution in [0.15, 0.2) is 46.8 Å². The van der Waals surface area contributed by atoms with Crippen LogP contribution >= 0.6 is 35.3 Å². The highest BCUT2D eigenvalue weighted by Gasteiger charge is 2.21. The van der Waals surface area contributed by atoms with E-state index < -0.39 is 0 Å². The number of nitrogens with zero attached hydrogens (tertiary/aromatic N) is 1. The van der Waals surface area contributed by atoms with E-state index in [1.807, 2.05) is 12.1 Å². The normalized spacial score (nSPS) is 11.6. The van der Waals surface area contributed by atoms with Crippen LogP contribution in [0.4, 0.5) is 0 Å². The predicted molar refractivity (Wildman–Crippen MR) is 114 cm³/mol. The molecule has 2 aromatic rings. The zero-order valence-electron chi connectivity index (χ0n) is 14.6. The fourth-order valence-electron chi connectivity index (χ4n) is 2.25. The highest BCUT2D eigenvalue weighted by molar-refractivity contribution is 14.0. The summed E-state index contributed by atoms with van der Waals surface area (Å²) in [5, 5.41) is 8.84. The molecule has 1 heterocycles. The third kappa shape index (κ3) is 5.98. The number of aliphatic imine (C=N–C) groups is 1. The van der Waals surface area contributed by atoms with Gasteiger partial charge in [0, 0.05) is 23.9 Å². The van der Waals surface area contributed by atoms with Gasteiger partial charge in [-0.25, -0.2) is 0 Å². The molecule has 0 saturated heterocycles. The first-order chi connectivity index (χ1) is 11.0. The second kappa shape index (κ2) is 9.88.